The van der Waals surface area contributed by atoms with Crippen LogP contribution in [-0.4, -0.2) is 27.7 Å². The second kappa shape index (κ2) is 3.05. The van der Waals surface area contributed by atoms with E-state index in [-0.39, 0.29) is 11.5 Å². The largest absolute Gasteiger partial charge is 0.393 e. The van der Waals surface area contributed by atoms with Crippen molar-refractivity contribution in [1.82, 2.24) is 9.97 Å². The zero-order chi connectivity index (χ0) is 9.31. The van der Waals surface area contributed by atoms with Crippen LogP contribution >= 0.6 is 0 Å². The van der Waals surface area contributed by atoms with E-state index in [1.165, 1.54) is 0 Å². The molecule has 1 aliphatic carbocycles. The van der Waals surface area contributed by atoms with Gasteiger partial charge in [0, 0.05) is 30.6 Å². The van der Waals surface area contributed by atoms with Crippen LogP contribution in [-0.2, 0) is 5.41 Å². The van der Waals surface area contributed by atoms with Gasteiger partial charge in [0.15, 0.2) is 0 Å². The van der Waals surface area contributed by atoms with Crippen LogP contribution in [0.4, 0.5) is 0 Å². The van der Waals surface area contributed by atoms with Crippen LogP contribution in [0, 0.1) is 0 Å². The van der Waals surface area contributed by atoms with Crippen LogP contribution in [0.2, 0.25) is 0 Å². The third-order valence-electron chi connectivity index (χ3n) is 2.75. The molecule has 13 heavy (non-hydrogen) atoms. The third-order valence-corrected chi connectivity index (χ3v) is 2.75. The van der Waals surface area contributed by atoms with E-state index in [4.69, 9.17) is 5.73 Å². The first kappa shape index (κ1) is 8.59. The highest BCUT2D eigenvalue weighted by Crippen LogP contribution is 2.41. The lowest BCUT2D eigenvalue weighted by Crippen LogP contribution is -2.50. The second-order valence-corrected chi connectivity index (χ2v) is 3.64. The topological polar surface area (TPSA) is 72.0 Å². The van der Waals surface area contributed by atoms with Crippen molar-refractivity contribution in [2.45, 2.75) is 24.4 Å². The van der Waals surface area contributed by atoms with Crippen molar-refractivity contribution < 1.29 is 5.11 Å². The first-order valence-electron chi connectivity index (χ1n) is 4.41. The van der Waals surface area contributed by atoms with Crippen LogP contribution in [0.1, 0.15) is 18.5 Å². The number of rotatable bonds is 2. The Morgan fingerprint density at radius 2 is 2.31 bits per heavy atom. The van der Waals surface area contributed by atoms with Crippen molar-refractivity contribution in [3.8, 4) is 0 Å². The summed E-state index contributed by atoms with van der Waals surface area (Å²) in [5, 5.41) is 9.27. The molecule has 0 aliphatic heterocycles. The van der Waals surface area contributed by atoms with Crippen molar-refractivity contribution in [1.29, 1.82) is 0 Å². The summed E-state index contributed by atoms with van der Waals surface area (Å²) in [5.41, 5.74) is 6.47. The maximum atomic E-state index is 9.27. The summed E-state index contributed by atoms with van der Waals surface area (Å²) in [6.45, 7) is 0.531. The van der Waals surface area contributed by atoms with Gasteiger partial charge in [-0.2, -0.15) is 0 Å². The van der Waals surface area contributed by atoms with Gasteiger partial charge in [0.05, 0.1) is 11.8 Å². The van der Waals surface area contributed by atoms with E-state index in [0.717, 1.165) is 5.69 Å². The third kappa shape index (κ3) is 1.32. The average Bonchev–Trinajstić information content (AvgIpc) is 2.14. The average molecular weight is 179 g/mol. The van der Waals surface area contributed by atoms with Crippen LogP contribution in [0.15, 0.2) is 18.6 Å². The van der Waals surface area contributed by atoms with Gasteiger partial charge in [-0.25, -0.2) is 0 Å². The smallest absolute Gasteiger partial charge is 0.0662 e. The Morgan fingerprint density at radius 3 is 2.77 bits per heavy atom. The molecule has 70 valence electrons. The molecule has 3 N–H and O–H groups in total. The lowest BCUT2D eigenvalue weighted by atomic mass is 9.65. The quantitative estimate of drug-likeness (QED) is 0.661. The van der Waals surface area contributed by atoms with E-state index in [0.29, 0.717) is 19.4 Å². The molecule has 1 heterocycles. The van der Waals surface area contributed by atoms with Crippen molar-refractivity contribution >= 4 is 0 Å². The normalized spacial score (nSPS) is 32.6. The van der Waals surface area contributed by atoms with Gasteiger partial charge in [0.25, 0.3) is 0 Å². The highest BCUT2D eigenvalue weighted by atomic mass is 16.3. The summed E-state index contributed by atoms with van der Waals surface area (Å²) in [6.07, 6.45) is 6.24. The number of hydrogen-bond donors (Lipinski definition) is 2. The molecule has 0 bridgehead atoms. The zero-order valence-electron chi connectivity index (χ0n) is 7.35. The number of aliphatic hydroxyl groups is 1. The summed E-state index contributed by atoms with van der Waals surface area (Å²) in [6, 6.07) is 0. The van der Waals surface area contributed by atoms with Gasteiger partial charge in [-0.3, -0.25) is 9.97 Å². The fraction of sp³-hybridized carbons (Fsp3) is 0.556. The maximum Gasteiger partial charge on any atom is 0.0662 e. The first-order chi connectivity index (χ1) is 6.27. The van der Waals surface area contributed by atoms with Crippen molar-refractivity contribution in [2.75, 3.05) is 6.54 Å². The molecule has 4 nitrogen and oxygen atoms in total. The fourth-order valence-corrected chi connectivity index (χ4v) is 1.90. The van der Waals surface area contributed by atoms with E-state index in [1.54, 1.807) is 18.6 Å². The van der Waals surface area contributed by atoms with Gasteiger partial charge in [0.2, 0.25) is 0 Å². The Balaban J connectivity index is 2.24. The highest BCUT2D eigenvalue weighted by Gasteiger charge is 2.44. The van der Waals surface area contributed by atoms with E-state index < -0.39 is 0 Å². The Bertz CT molecular complexity index is 282. The monoisotopic (exact) mass is 179 g/mol. The number of nitrogens with zero attached hydrogens (tertiary/aromatic N) is 2. The van der Waals surface area contributed by atoms with Crippen LogP contribution in [0.25, 0.3) is 0 Å². The molecule has 1 fully saturated rings. The molecule has 0 unspecified atom stereocenters. The number of aromatic nitrogens is 2. The minimum atomic E-state index is -0.217. The molecule has 0 aromatic carbocycles. The molecular weight excluding hydrogens is 166 g/mol. The fourth-order valence-electron chi connectivity index (χ4n) is 1.90. The van der Waals surface area contributed by atoms with E-state index >= 15 is 0 Å². The molecule has 0 radical (unpaired) electrons. The Morgan fingerprint density at radius 1 is 1.54 bits per heavy atom. The summed E-state index contributed by atoms with van der Waals surface area (Å²) < 4.78 is 0. The first-order valence-corrected chi connectivity index (χ1v) is 4.41. The molecule has 1 aliphatic rings. The molecule has 0 atom stereocenters. The summed E-state index contributed by atoms with van der Waals surface area (Å²) in [7, 11) is 0. The molecule has 1 aromatic rings. The second-order valence-electron chi connectivity index (χ2n) is 3.64. The zero-order valence-corrected chi connectivity index (χ0v) is 7.35. The maximum absolute atomic E-state index is 9.27. The SMILES string of the molecule is NCC1(c2cnccn2)CC(O)C1. The Kier molecular flexibility index (Phi) is 2.01. The predicted octanol–water partition coefficient (Wildman–Crippen LogP) is -0.172. The van der Waals surface area contributed by atoms with Gasteiger partial charge in [0.1, 0.15) is 0 Å². The number of nitrogens with two attached hydrogens (primary N) is 1. The predicted molar refractivity (Wildman–Crippen MR) is 48.0 cm³/mol. The van der Waals surface area contributed by atoms with Crippen molar-refractivity contribution in [3.05, 3.63) is 24.3 Å². The van der Waals surface area contributed by atoms with Gasteiger partial charge >= 0.3 is 0 Å². The van der Waals surface area contributed by atoms with Gasteiger partial charge in [-0.15, -0.1) is 0 Å². The molecule has 2 rings (SSSR count). The van der Waals surface area contributed by atoms with Crippen LogP contribution in [0.3, 0.4) is 0 Å². The van der Waals surface area contributed by atoms with Gasteiger partial charge in [-0.1, -0.05) is 0 Å². The number of aliphatic hydroxyl groups excluding tert-OH is 1. The Hall–Kier alpha value is -1.00. The van der Waals surface area contributed by atoms with Crippen LogP contribution < -0.4 is 5.73 Å². The molecule has 0 saturated heterocycles. The standard InChI is InChI=1S/C9H13N3O/c10-6-9(3-7(13)4-9)8-5-11-1-2-12-8/h1-2,5,7,13H,3-4,6,10H2. The molecule has 1 saturated carbocycles. The minimum absolute atomic E-state index is 0.117. The van der Waals surface area contributed by atoms with E-state index in [9.17, 15) is 5.11 Å². The summed E-state index contributed by atoms with van der Waals surface area (Å²) >= 11 is 0. The molecule has 4 heteroatoms. The molecule has 0 amide bonds. The lowest BCUT2D eigenvalue weighted by molar-refractivity contribution is 0.0199. The molecule has 1 aromatic heterocycles. The summed E-state index contributed by atoms with van der Waals surface area (Å²) in [5.74, 6) is 0. The lowest BCUT2D eigenvalue weighted by Gasteiger charge is -2.43. The minimum Gasteiger partial charge on any atom is -0.393 e. The van der Waals surface area contributed by atoms with Crippen molar-refractivity contribution in [2.24, 2.45) is 5.73 Å². The molecule has 0 spiro atoms. The summed E-state index contributed by atoms with van der Waals surface area (Å²) in [4.78, 5) is 8.23. The van der Waals surface area contributed by atoms with Crippen LogP contribution in [0.5, 0.6) is 0 Å². The Labute approximate surface area is 76.8 Å². The van der Waals surface area contributed by atoms with Crippen molar-refractivity contribution in [3.63, 3.8) is 0 Å². The van der Waals surface area contributed by atoms with Gasteiger partial charge in [-0.05, 0) is 12.8 Å². The van der Waals surface area contributed by atoms with E-state index in [1.807, 2.05) is 0 Å². The van der Waals surface area contributed by atoms with Gasteiger partial charge < -0.3 is 10.8 Å². The highest BCUT2D eigenvalue weighted by molar-refractivity contribution is 5.20. The number of hydrogen-bond acceptors (Lipinski definition) is 4. The van der Waals surface area contributed by atoms with E-state index in [2.05, 4.69) is 9.97 Å². The molecular formula is C9H13N3O.